The summed E-state index contributed by atoms with van der Waals surface area (Å²) in [4.78, 5) is 2.25. The first kappa shape index (κ1) is 20.6. The van der Waals surface area contributed by atoms with Crippen molar-refractivity contribution in [1.29, 1.82) is 0 Å². The van der Waals surface area contributed by atoms with Crippen molar-refractivity contribution in [3.8, 4) is 0 Å². The quantitative estimate of drug-likeness (QED) is 0.274. The minimum atomic E-state index is -1.36. The van der Waals surface area contributed by atoms with Crippen LogP contribution in [0.4, 0.5) is 0 Å². The molecule has 136 valence electrons. The Balaban J connectivity index is 1.89. The van der Waals surface area contributed by atoms with Crippen molar-refractivity contribution >= 4 is 8.32 Å². The lowest BCUT2D eigenvalue weighted by molar-refractivity contribution is 0.169. The monoisotopic (exact) mass is 341 g/mol. The topological polar surface area (TPSA) is 21.7 Å². The van der Waals surface area contributed by atoms with Crippen LogP contribution in [0, 0.1) is 0 Å². The zero-order valence-corrected chi connectivity index (χ0v) is 16.8. The summed E-state index contributed by atoms with van der Waals surface area (Å²) in [5, 5.41) is 0. The van der Waals surface area contributed by atoms with Gasteiger partial charge in [-0.2, -0.15) is 0 Å². The van der Waals surface area contributed by atoms with Crippen LogP contribution in [-0.4, -0.2) is 33.1 Å². The fourth-order valence-corrected chi connectivity index (χ4v) is 6.73. The SMILES string of the molecule is CCO[Si](CC)(CC)CCCCCCCCCCN1C=COC1. The van der Waals surface area contributed by atoms with Crippen LogP contribution in [0.25, 0.3) is 0 Å². The van der Waals surface area contributed by atoms with Crippen molar-refractivity contribution in [3.05, 3.63) is 12.5 Å². The maximum Gasteiger partial charge on any atom is 0.192 e. The summed E-state index contributed by atoms with van der Waals surface area (Å²) in [6.07, 6.45) is 14.9. The molecule has 1 rings (SSSR count). The zero-order valence-electron chi connectivity index (χ0n) is 15.8. The van der Waals surface area contributed by atoms with Crippen molar-refractivity contribution < 1.29 is 9.16 Å². The molecule has 23 heavy (non-hydrogen) atoms. The highest BCUT2D eigenvalue weighted by molar-refractivity contribution is 6.73. The lowest BCUT2D eigenvalue weighted by Gasteiger charge is -2.28. The van der Waals surface area contributed by atoms with Crippen molar-refractivity contribution in [1.82, 2.24) is 4.90 Å². The molecule has 0 radical (unpaired) electrons. The molecule has 0 amide bonds. The van der Waals surface area contributed by atoms with Crippen LogP contribution in [0.1, 0.15) is 72.1 Å². The number of hydrogen-bond donors (Lipinski definition) is 0. The van der Waals surface area contributed by atoms with Gasteiger partial charge in [-0.15, -0.1) is 0 Å². The standard InChI is InChI=1S/C19H39NO2Si/c1-4-22-23(5-2,6-3)18-14-12-10-8-7-9-11-13-15-20-16-17-21-19-20/h16-17H,4-15,18-19H2,1-3H3. The first-order valence-corrected chi connectivity index (χ1v) is 12.5. The van der Waals surface area contributed by atoms with Crippen LogP contribution >= 0.6 is 0 Å². The molecule has 0 aromatic rings. The van der Waals surface area contributed by atoms with Gasteiger partial charge < -0.3 is 14.1 Å². The first-order valence-electron chi connectivity index (χ1n) is 9.92. The van der Waals surface area contributed by atoms with Crippen LogP contribution in [0.5, 0.6) is 0 Å². The van der Waals surface area contributed by atoms with E-state index in [9.17, 15) is 0 Å². The zero-order chi connectivity index (χ0) is 16.8. The van der Waals surface area contributed by atoms with Gasteiger partial charge in [-0.3, -0.25) is 0 Å². The molecule has 0 atom stereocenters. The molecule has 1 aliphatic rings. The number of unbranched alkanes of at least 4 members (excludes halogenated alkanes) is 7. The van der Waals surface area contributed by atoms with E-state index in [0.717, 1.165) is 19.9 Å². The molecule has 0 unspecified atom stereocenters. The third-order valence-electron chi connectivity index (χ3n) is 5.18. The molecule has 1 heterocycles. The fraction of sp³-hybridized carbons (Fsp3) is 0.895. The first-order chi connectivity index (χ1) is 11.3. The van der Waals surface area contributed by atoms with Crippen LogP contribution in [0.15, 0.2) is 12.5 Å². The highest BCUT2D eigenvalue weighted by atomic mass is 28.4. The van der Waals surface area contributed by atoms with Gasteiger partial charge in [0.1, 0.15) is 6.26 Å². The van der Waals surface area contributed by atoms with E-state index in [1.165, 1.54) is 69.5 Å². The Morgan fingerprint density at radius 2 is 1.52 bits per heavy atom. The van der Waals surface area contributed by atoms with Crippen LogP contribution < -0.4 is 0 Å². The summed E-state index contributed by atoms with van der Waals surface area (Å²) in [5.74, 6) is 0. The summed E-state index contributed by atoms with van der Waals surface area (Å²) in [5.41, 5.74) is 0. The number of nitrogens with zero attached hydrogens (tertiary/aromatic N) is 1. The van der Waals surface area contributed by atoms with Gasteiger partial charge in [-0.05, 0) is 31.5 Å². The fourth-order valence-electron chi connectivity index (χ4n) is 3.46. The molecule has 0 aromatic carbocycles. The Morgan fingerprint density at radius 3 is 2.04 bits per heavy atom. The lowest BCUT2D eigenvalue weighted by atomic mass is 10.1. The van der Waals surface area contributed by atoms with Crippen molar-refractivity contribution in [3.63, 3.8) is 0 Å². The van der Waals surface area contributed by atoms with Gasteiger partial charge in [-0.1, -0.05) is 58.8 Å². The van der Waals surface area contributed by atoms with Crippen molar-refractivity contribution in [2.45, 2.75) is 90.3 Å². The second-order valence-corrected chi connectivity index (χ2v) is 11.4. The summed E-state index contributed by atoms with van der Waals surface area (Å²) in [7, 11) is -1.36. The second kappa shape index (κ2) is 12.9. The number of ether oxygens (including phenoxy) is 1. The van der Waals surface area contributed by atoms with E-state index in [2.05, 4.69) is 31.9 Å². The summed E-state index contributed by atoms with van der Waals surface area (Å²) >= 11 is 0. The van der Waals surface area contributed by atoms with E-state index in [4.69, 9.17) is 9.16 Å². The summed E-state index contributed by atoms with van der Waals surface area (Å²) < 4.78 is 11.3. The average molecular weight is 342 g/mol. The van der Waals surface area contributed by atoms with Crippen molar-refractivity contribution in [2.24, 2.45) is 0 Å². The third-order valence-corrected chi connectivity index (χ3v) is 9.92. The normalized spacial score (nSPS) is 14.5. The van der Waals surface area contributed by atoms with Gasteiger partial charge in [0.2, 0.25) is 0 Å². The van der Waals surface area contributed by atoms with Gasteiger partial charge in [0.15, 0.2) is 15.0 Å². The molecule has 4 heteroatoms. The van der Waals surface area contributed by atoms with Gasteiger partial charge in [0, 0.05) is 19.4 Å². The summed E-state index contributed by atoms with van der Waals surface area (Å²) in [6.45, 7) is 9.62. The molecule has 0 N–H and O–H groups in total. The number of rotatable bonds is 15. The maximum absolute atomic E-state index is 6.16. The maximum atomic E-state index is 6.16. The minimum Gasteiger partial charge on any atom is -0.479 e. The van der Waals surface area contributed by atoms with Crippen LogP contribution in [-0.2, 0) is 9.16 Å². The lowest BCUT2D eigenvalue weighted by Crippen LogP contribution is -2.36. The molecule has 0 saturated carbocycles. The molecule has 0 saturated heterocycles. The van der Waals surface area contributed by atoms with Crippen molar-refractivity contribution in [2.75, 3.05) is 19.9 Å². The average Bonchev–Trinajstić information content (AvgIpc) is 3.09. The largest absolute Gasteiger partial charge is 0.479 e. The molecule has 1 aliphatic heterocycles. The van der Waals surface area contributed by atoms with Gasteiger partial charge >= 0.3 is 0 Å². The van der Waals surface area contributed by atoms with Crippen LogP contribution in [0.3, 0.4) is 0 Å². The summed E-state index contributed by atoms with van der Waals surface area (Å²) in [6, 6.07) is 3.95. The Kier molecular flexibility index (Phi) is 11.5. The Hall–Kier alpha value is -0.483. The molecule has 0 bridgehead atoms. The van der Waals surface area contributed by atoms with E-state index >= 15 is 0 Å². The van der Waals surface area contributed by atoms with E-state index in [1.807, 2.05) is 0 Å². The van der Waals surface area contributed by atoms with Gasteiger partial charge in [0.25, 0.3) is 0 Å². The van der Waals surface area contributed by atoms with E-state index in [0.29, 0.717) is 0 Å². The smallest absolute Gasteiger partial charge is 0.192 e. The van der Waals surface area contributed by atoms with E-state index in [1.54, 1.807) is 6.26 Å². The highest BCUT2D eigenvalue weighted by Crippen LogP contribution is 2.25. The minimum absolute atomic E-state index is 0.752. The third kappa shape index (κ3) is 8.80. The Labute approximate surface area is 145 Å². The van der Waals surface area contributed by atoms with E-state index < -0.39 is 8.32 Å². The predicted octanol–water partition coefficient (Wildman–Crippen LogP) is 5.89. The van der Waals surface area contributed by atoms with Gasteiger partial charge in [0.05, 0.1) is 0 Å². The molecular weight excluding hydrogens is 302 g/mol. The molecule has 0 fully saturated rings. The molecule has 0 spiro atoms. The predicted molar refractivity (Wildman–Crippen MR) is 102 cm³/mol. The van der Waals surface area contributed by atoms with Crippen LogP contribution in [0.2, 0.25) is 18.1 Å². The molecule has 3 nitrogen and oxygen atoms in total. The highest BCUT2D eigenvalue weighted by Gasteiger charge is 2.29. The van der Waals surface area contributed by atoms with Gasteiger partial charge in [-0.25, -0.2) is 0 Å². The Morgan fingerprint density at radius 1 is 0.913 bits per heavy atom. The second-order valence-electron chi connectivity index (χ2n) is 6.79. The number of hydrogen-bond acceptors (Lipinski definition) is 3. The molecule has 0 aromatic heterocycles. The molecular formula is C19H39NO2Si. The Bertz CT molecular complexity index is 306. The molecule has 0 aliphatic carbocycles. The van der Waals surface area contributed by atoms with E-state index in [-0.39, 0.29) is 0 Å².